The lowest BCUT2D eigenvalue weighted by Gasteiger charge is -2.18. The number of carbonyl (C=O) groups excluding carboxylic acids is 2. The number of ether oxygens (including phenoxy) is 1. The minimum Gasteiger partial charge on any atom is -0.480 e. The molecule has 4 N–H and O–H groups in total. The van der Waals surface area contributed by atoms with E-state index >= 15 is 0 Å². The van der Waals surface area contributed by atoms with Gasteiger partial charge in [0, 0.05) is 12.8 Å². The van der Waals surface area contributed by atoms with Crippen molar-refractivity contribution in [1.82, 2.24) is 5.32 Å². The maximum atomic E-state index is 12.2. The van der Waals surface area contributed by atoms with Gasteiger partial charge in [0.05, 0.1) is 13.2 Å². The standard InChI is InChI=1S/C42H68NO10P/c1-3-5-7-9-11-13-15-16-17-18-19-20-21-22-24-25-27-29-31-33-40(45)43-39(42(47)48)37-53-54(49,50)52-36-38(44)35-51-41(46)34-32-30-28-26-23-14-12-10-8-6-4-2/h5,7,10-13,16-17,19-20,22,24,27,29,38-39,44H,3-4,6,8-9,14-15,18,21,23,25-26,28,30-37H2,1-2H3,(H,43,45)(H,47,48)(H,49,50)/b7-5-,12-10-,13-11-,17-16-,20-19-,24-22-,29-27-. The van der Waals surface area contributed by atoms with Crippen molar-refractivity contribution >= 4 is 25.7 Å². The summed E-state index contributed by atoms with van der Waals surface area (Å²) < 4.78 is 26.7. The molecule has 0 saturated carbocycles. The number of unbranched alkanes of at least 4 members (excludes halogenated alkanes) is 7. The van der Waals surface area contributed by atoms with E-state index in [4.69, 9.17) is 13.8 Å². The first-order valence-electron chi connectivity index (χ1n) is 19.6. The van der Waals surface area contributed by atoms with Crippen molar-refractivity contribution in [3.63, 3.8) is 0 Å². The number of hydrogen-bond acceptors (Lipinski definition) is 8. The lowest BCUT2D eigenvalue weighted by Crippen LogP contribution is -2.43. The monoisotopic (exact) mass is 777 g/mol. The summed E-state index contributed by atoms with van der Waals surface area (Å²) in [5.74, 6) is -2.52. The molecule has 0 aliphatic heterocycles. The largest absolute Gasteiger partial charge is 0.480 e. The van der Waals surface area contributed by atoms with E-state index in [0.717, 1.165) is 70.6 Å². The first-order valence-corrected chi connectivity index (χ1v) is 21.1. The fraction of sp³-hybridized carbons (Fsp3) is 0.595. The number of rotatable bonds is 35. The lowest BCUT2D eigenvalue weighted by atomic mass is 10.1. The molecule has 0 radical (unpaired) electrons. The Morgan fingerprint density at radius 1 is 0.611 bits per heavy atom. The van der Waals surface area contributed by atoms with Gasteiger partial charge in [-0.3, -0.25) is 18.6 Å². The summed E-state index contributed by atoms with van der Waals surface area (Å²) in [5, 5.41) is 21.7. The van der Waals surface area contributed by atoms with Crippen LogP contribution in [0.15, 0.2) is 85.1 Å². The maximum absolute atomic E-state index is 12.2. The van der Waals surface area contributed by atoms with Crippen LogP contribution in [0.2, 0.25) is 0 Å². The van der Waals surface area contributed by atoms with E-state index in [1.165, 1.54) is 12.8 Å². The van der Waals surface area contributed by atoms with Gasteiger partial charge in [0.1, 0.15) is 12.7 Å². The number of nitrogens with one attached hydrogen (secondary N) is 1. The van der Waals surface area contributed by atoms with Crippen LogP contribution in [0.4, 0.5) is 0 Å². The first-order chi connectivity index (χ1) is 26.1. The maximum Gasteiger partial charge on any atom is 0.472 e. The molecule has 0 heterocycles. The predicted molar refractivity (Wildman–Crippen MR) is 217 cm³/mol. The van der Waals surface area contributed by atoms with Gasteiger partial charge in [0.15, 0.2) is 6.04 Å². The molecule has 11 nitrogen and oxygen atoms in total. The third kappa shape index (κ3) is 35.7. The Hall–Kier alpha value is -3.34. The molecule has 306 valence electrons. The number of amides is 1. The first kappa shape index (κ1) is 50.7. The highest BCUT2D eigenvalue weighted by Gasteiger charge is 2.28. The van der Waals surface area contributed by atoms with Crippen LogP contribution in [0.25, 0.3) is 0 Å². The summed E-state index contributed by atoms with van der Waals surface area (Å²) in [6.07, 6.45) is 43.5. The fourth-order valence-corrected chi connectivity index (χ4v) is 5.38. The Balaban J connectivity index is 4.11. The zero-order valence-electron chi connectivity index (χ0n) is 32.7. The van der Waals surface area contributed by atoms with Gasteiger partial charge in [-0.25, -0.2) is 9.36 Å². The third-order valence-corrected chi connectivity index (χ3v) is 8.63. The Kier molecular flexibility index (Phi) is 34.4. The van der Waals surface area contributed by atoms with Crippen molar-refractivity contribution in [3.8, 4) is 0 Å². The van der Waals surface area contributed by atoms with Gasteiger partial charge in [0.25, 0.3) is 0 Å². The molecule has 0 aliphatic carbocycles. The molecular formula is C42H68NO10P. The van der Waals surface area contributed by atoms with Crippen molar-refractivity contribution in [3.05, 3.63) is 85.1 Å². The average molecular weight is 778 g/mol. The molecule has 54 heavy (non-hydrogen) atoms. The summed E-state index contributed by atoms with van der Waals surface area (Å²) >= 11 is 0. The average Bonchev–Trinajstić information content (AvgIpc) is 3.14. The number of hydrogen-bond donors (Lipinski definition) is 4. The summed E-state index contributed by atoms with van der Waals surface area (Å²) in [4.78, 5) is 45.7. The molecule has 0 aromatic heterocycles. The lowest BCUT2D eigenvalue weighted by molar-refractivity contribution is -0.147. The van der Waals surface area contributed by atoms with Crippen molar-refractivity contribution in [2.24, 2.45) is 0 Å². The van der Waals surface area contributed by atoms with Crippen molar-refractivity contribution in [1.29, 1.82) is 0 Å². The van der Waals surface area contributed by atoms with Crippen LogP contribution in [0.1, 0.15) is 129 Å². The van der Waals surface area contributed by atoms with Crippen molar-refractivity contribution in [2.75, 3.05) is 19.8 Å². The van der Waals surface area contributed by atoms with Gasteiger partial charge >= 0.3 is 19.8 Å². The Morgan fingerprint density at radius 2 is 1.09 bits per heavy atom. The molecule has 0 saturated heterocycles. The second kappa shape index (κ2) is 36.6. The highest BCUT2D eigenvalue weighted by Crippen LogP contribution is 2.43. The van der Waals surface area contributed by atoms with Crippen LogP contribution in [0, 0.1) is 0 Å². The molecule has 0 aromatic rings. The van der Waals surface area contributed by atoms with Gasteiger partial charge < -0.3 is 25.2 Å². The number of aliphatic hydroxyl groups is 1. The number of aliphatic hydroxyl groups excluding tert-OH is 1. The molecule has 3 unspecified atom stereocenters. The summed E-state index contributed by atoms with van der Waals surface area (Å²) in [5.41, 5.74) is 0. The number of phosphoric acid groups is 1. The number of carboxylic acid groups (broad SMARTS) is 1. The zero-order valence-corrected chi connectivity index (χ0v) is 33.6. The number of esters is 1. The molecule has 0 rings (SSSR count). The molecule has 3 atom stereocenters. The summed E-state index contributed by atoms with van der Waals surface area (Å²) in [6, 6.07) is -1.59. The zero-order chi connectivity index (χ0) is 40.0. The van der Waals surface area contributed by atoms with E-state index in [2.05, 4.69) is 86.0 Å². The molecule has 0 aromatic carbocycles. The van der Waals surface area contributed by atoms with E-state index in [1.54, 1.807) is 0 Å². The minimum atomic E-state index is -4.78. The summed E-state index contributed by atoms with van der Waals surface area (Å²) in [7, 11) is -4.78. The normalized spacial score (nSPS) is 14.7. The van der Waals surface area contributed by atoms with Crippen molar-refractivity contribution < 1.29 is 47.8 Å². The quantitative estimate of drug-likeness (QED) is 0.0210. The Morgan fingerprint density at radius 3 is 1.65 bits per heavy atom. The molecule has 0 aliphatic rings. The number of carboxylic acids is 1. The fourth-order valence-electron chi connectivity index (χ4n) is 4.61. The number of phosphoric ester groups is 1. The number of aliphatic carboxylic acids is 1. The van der Waals surface area contributed by atoms with E-state index in [0.29, 0.717) is 19.3 Å². The van der Waals surface area contributed by atoms with Crippen LogP contribution < -0.4 is 5.32 Å². The number of carbonyl (C=O) groups is 3. The van der Waals surface area contributed by atoms with E-state index in [9.17, 15) is 34.1 Å². The minimum absolute atomic E-state index is 0.0151. The molecule has 0 spiro atoms. The Bertz CT molecular complexity index is 1240. The van der Waals surface area contributed by atoms with Gasteiger partial charge in [-0.2, -0.15) is 0 Å². The molecule has 0 fully saturated rings. The van der Waals surface area contributed by atoms with Gasteiger partial charge in [0.2, 0.25) is 5.91 Å². The van der Waals surface area contributed by atoms with Crippen LogP contribution in [0.3, 0.4) is 0 Å². The van der Waals surface area contributed by atoms with Crippen LogP contribution in [0.5, 0.6) is 0 Å². The predicted octanol–water partition coefficient (Wildman–Crippen LogP) is 9.55. The second-order valence-corrected chi connectivity index (χ2v) is 14.2. The van der Waals surface area contributed by atoms with Crippen LogP contribution in [-0.2, 0) is 32.7 Å². The summed E-state index contributed by atoms with van der Waals surface area (Å²) in [6.45, 7) is 2.34. The Labute approximate surface area is 324 Å². The third-order valence-electron chi connectivity index (χ3n) is 7.68. The van der Waals surface area contributed by atoms with Gasteiger partial charge in [-0.1, -0.05) is 131 Å². The highest BCUT2D eigenvalue weighted by atomic mass is 31.2. The molecule has 1 amide bonds. The highest BCUT2D eigenvalue weighted by molar-refractivity contribution is 7.47. The van der Waals surface area contributed by atoms with Crippen LogP contribution in [-0.4, -0.2) is 64.9 Å². The van der Waals surface area contributed by atoms with E-state index in [-0.39, 0.29) is 12.8 Å². The van der Waals surface area contributed by atoms with Gasteiger partial charge in [-0.15, -0.1) is 0 Å². The SMILES string of the molecule is CC/C=C\C/C=C\C/C=C\C/C=C\C/C=C\C/C=C\CCC(=O)NC(COP(=O)(O)OCC(O)COC(=O)CCCCCCC/C=C\CCCC)C(=O)O. The molecular weight excluding hydrogens is 709 g/mol. The molecule has 12 heteroatoms. The molecule has 0 bridgehead atoms. The van der Waals surface area contributed by atoms with E-state index < -0.39 is 57.6 Å². The smallest absolute Gasteiger partial charge is 0.472 e. The van der Waals surface area contributed by atoms with Crippen molar-refractivity contribution in [2.45, 2.75) is 142 Å². The van der Waals surface area contributed by atoms with Gasteiger partial charge in [-0.05, 0) is 70.6 Å². The topological polar surface area (TPSA) is 169 Å². The second-order valence-electron chi connectivity index (χ2n) is 12.7. The van der Waals surface area contributed by atoms with Crippen LogP contribution >= 0.6 is 7.82 Å². The number of allylic oxidation sites excluding steroid dienone is 14. The van der Waals surface area contributed by atoms with E-state index in [1.807, 2.05) is 18.2 Å².